The topological polar surface area (TPSA) is 64.4 Å². The number of nitrogens with zero attached hydrogens (tertiary/aromatic N) is 1. The summed E-state index contributed by atoms with van der Waals surface area (Å²) in [5, 5.41) is 0. The summed E-state index contributed by atoms with van der Waals surface area (Å²) in [5.74, 6) is 1.83. The Morgan fingerprint density at radius 2 is 2.00 bits per heavy atom. The molecule has 82 valence electrons. The van der Waals surface area contributed by atoms with Crippen molar-refractivity contribution in [1.29, 1.82) is 0 Å². The van der Waals surface area contributed by atoms with Crippen molar-refractivity contribution in [2.45, 2.75) is 18.7 Å². The Hall–Kier alpha value is -1.16. The van der Waals surface area contributed by atoms with Gasteiger partial charge in [-0.15, -0.1) is 11.8 Å². The van der Waals surface area contributed by atoms with E-state index in [1.165, 1.54) is 0 Å². The highest BCUT2D eigenvalue weighted by molar-refractivity contribution is 7.99. The van der Waals surface area contributed by atoms with Gasteiger partial charge >= 0.3 is 0 Å². The molecule has 0 saturated heterocycles. The van der Waals surface area contributed by atoms with E-state index in [0.29, 0.717) is 5.92 Å². The summed E-state index contributed by atoms with van der Waals surface area (Å²) in [7, 11) is 0. The van der Waals surface area contributed by atoms with E-state index in [4.69, 9.17) is 11.5 Å². The van der Waals surface area contributed by atoms with Crippen molar-refractivity contribution in [3.05, 3.63) is 24.3 Å². The number of thioether (sulfide) groups is 1. The minimum absolute atomic E-state index is 0.104. The van der Waals surface area contributed by atoms with Crippen molar-refractivity contribution < 1.29 is 0 Å². The Bertz CT molecular complexity index is 343. The molecular weight excluding hydrogens is 206 g/mol. The van der Waals surface area contributed by atoms with E-state index in [-0.39, 0.29) is 5.96 Å². The summed E-state index contributed by atoms with van der Waals surface area (Å²) in [5.41, 5.74) is 11.6. The van der Waals surface area contributed by atoms with Crippen LogP contribution in [0, 0.1) is 5.92 Å². The minimum Gasteiger partial charge on any atom is -0.370 e. The Balaban J connectivity index is 2.82. The number of nitrogens with two attached hydrogens (primary N) is 2. The van der Waals surface area contributed by atoms with Crippen LogP contribution in [0.15, 0.2) is 34.2 Å². The summed E-state index contributed by atoms with van der Waals surface area (Å²) in [6, 6.07) is 7.88. The molecule has 15 heavy (non-hydrogen) atoms. The van der Waals surface area contributed by atoms with Gasteiger partial charge in [0.15, 0.2) is 5.96 Å². The first-order valence-electron chi connectivity index (χ1n) is 4.91. The quantitative estimate of drug-likeness (QED) is 0.468. The summed E-state index contributed by atoms with van der Waals surface area (Å²) in [6.45, 7) is 4.38. The van der Waals surface area contributed by atoms with Crippen LogP contribution in [-0.4, -0.2) is 11.7 Å². The Labute approximate surface area is 95.0 Å². The Morgan fingerprint density at radius 1 is 1.33 bits per heavy atom. The predicted molar refractivity (Wildman–Crippen MR) is 67.5 cm³/mol. The maximum Gasteiger partial charge on any atom is 0.191 e. The number of para-hydroxylation sites is 1. The second kappa shape index (κ2) is 5.66. The molecule has 4 N–H and O–H groups in total. The van der Waals surface area contributed by atoms with E-state index in [0.717, 1.165) is 16.3 Å². The van der Waals surface area contributed by atoms with Gasteiger partial charge in [0, 0.05) is 10.6 Å². The maximum absolute atomic E-state index is 5.37. The number of benzene rings is 1. The van der Waals surface area contributed by atoms with Gasteiger partial charge in [-0.3, -0.25) is 0 Å². The monoisotopic (exact) mass is 223 g/mol. The average Bonchev–Trinajstić information content (AvgIpc) is 2.15. The van der Waals surface area contributed by atoms with Crippen molar-refractivity contribution >= 4 is 23.4 Å². The molecule has 0 aliphatic carbocycles. The zero-order valence-corrected chi connectivity index (χ0v) is 9.92. The van der Waals surface area contributed by atoms with E-state index in [1.54, 1.807) is 11.8 Å². The number of aliphatic imine (C=N–C) groups is 1. The smallest absolute Gasteiger partial charge is 0.191 e. The van der Waals surface area contributed by atoms with Gasteiger partial charge in [0.2, 0.25) is 0 Å². The fourth-order valence-corrected chi connectivity index (χ4v) is 2.02. The lowest BCUT2D eigenvalue weighted by atomic mass is 10.3. The van der Waals surface area contributed by atoms with Crippen molar-refractivity contribution in [1.82, 2.24) is 0 Å². The fraction of sp³-hybridized carbons (Fsp3) is 0.364. The SMILES string of the molecule is CC(C)CSc1ccccc1N=C(N)N. The molecule has 0 bridgehead atoms. The Kier molecular flexibility index (Phi) is 4.49. The molecule has 0 radical (unpaired) electrons. The molecule has 0 heterocycles. The van der Waals surface area contributed by atoms with Gasteiger partial charge in [0.25, 0.3) is 0 Å². The van der Waals surface area contributed by atoms with Gasteiger partial charge in [0.05, 0.1) is 5.69 Å². The van der Waals surface area contributed by atoms with E-state index in [1.807, 2.05) is 24.3 Å². The molecular formula is C11H17N3S. The zero-order valence-electron chi connectivity index (χ0n) is 9.10. The van der Waals surface area contributed by atoms with Crippen LogP contribution in [0.4, 0.5) is 5.69 Å². The third-order valence-corrected chi connectivity index (χ3v) is 3.18. The van der Waals surface area contributed by atoms with Crippen LogP contribution in [0.25, 0.3) is 0 Å². The lowest BCUT2D eigenvalue weighted by molar-refractivity contribution is 0.750. The van der Waals surface area contributed by atoms with Crippen LogP contribution in [0.2, 0.25) is 0 Å². The first-order chi connectivity index (χ1) is 7.09. The Morgan fingerprint density at radius 3 is 2.60 bits per heavy atom. The van der Waals surface area contributed by atoms with Gasteiger partial charge in [-0.05, 0) is 18.1 Å². The van der Waals surface area contributed by atoms with Crippen molar-refractivity contribution in [2.75, 3.05) is 5.75 Å². The molecule has 0 amide bonds. The number of hydrogen-bond acceptors (Lipinski definition) is 2. The van der Waals surface area contributed by atoms with Gasteiger partial charge in [0.1, 0.15) is 0 Å². The zero-order chi connectivity index (χ0) is 11.3. The standard InChI is InChI=1S/C11H17N3S/c1-8(2)7-15-10-6-4-3-5-9(10)14-11(12)13/h3-6,8H,7H2,1-2H3,(H4,12,13,14). The minimum atomic E-state index is 0.104. The molecule has 3 nitrogen and oxygen atoms in total. The van der Waals surface area contributed by atoms with Crippen LogP contribution in [0.3, 0.4) is 0 Å². The lowest BCUT2D eigenvalue weighted by Crippen LogP contribution is -2.21. The summed E-state index contributed by atoms with van der Waals surface area (Å²) < 4.78 is 0. The molecule has 1 aromatic rings. The molecule has 0 aliphatic heterocycles. The predicted octanol–water partition coefficient (Wildman–Crippen LogP) is 2.34. The largest absolute Gasteiger partial charge is 0.370 e. The van der Waals surface area contributed by atoms with Gasteiger partial charge in [-0.1, -0.05) is 26.0 Å². The molecule has 1 rings (SSSR count). The second-order valence-electron chi connectivity index (χ2n) is 3.71. The van der Waals surface area contributed by atoms with Gasteiger partial charge in [-0.2, -0.15) is 0 Å². The first kappa shape index (κ1) is 11.9. The van der Waals surface area contributed by atoms with Crippen LogP contribution < -0.4 is 11.5 Å². The highest BCUT2D eigenvalue weighted by atomic mass is 32.2. The molecule has 0 saturated carbocycles. The molecule has 0 fully saturated rings. The van der Waals surface area contributed by atoms with E-state index < -0.39 is 0 Å². The van der Waals surface area contributed by atoms with E-state index in [2.05, 4.69) is 18.8 Å². The normalized spacial score (nSPS) is 10.3. The summed E-state index contributed by atoms with van der Waals surface area (Å²) >= 11 is 1.78. The van der Waals surface area contributed by atoms with Crippen LogP contribution in [-0.2, 0) is 0 Å². The first-order valence-corrected chi connectivity index (χ1v) is 5.89. The third-order valence-electron chi connectivity index (χ3n) is 1.69. The number of hydrogen-bond donors (Lipinski definition) is 2. The van der Waals surface area contributed by atoms with Crippen molar-refractivity contribution in [3.63, 3.8) is 0 Å². The summed E-state index contributed by atoms with van der Waals surface area (Å²) in [4.78, 5) is 5.21. The molecule has 0 unspecified atom stereocenters. The highest BCUT2D eigenvalue weighted by Crippen LogP contribution is 2.30. The number of guanidine groups is 1. The fourth-order valence-electron chi connectivity index (χ4n) is 1.07. The van der Waals surface area contributed by atoms with Crippen LogP contribution >= 0.6 is 11.8 Å². The third kappa shape index (κ3) is 4.25. The lowest BCUT2D eigenvalue weighted by Gasteiger charge is -2.07. The molecule has 0 aliphatic rings. The van der Waals surface area contributed by atoms with E-state index in [9.17, 15) is 0 Å². The van der Waals surface area contributed by atoms with Crippen molar-refractivity contribution in [3.8, 4) is 0 Å². The molecule has 1 aromatic carbocycles. The van der Waals surface area contributed by atoms with Crippen molar-refractivity contribution in [2.24, 2.45) is 22.4 Å². The molecule has 0 spiro atoms. The summed E-state index contributed by atoms with van der Waals surface area (Å²) in [6.07, 6.45) is 0. The second-order valence-corrected chi connectivity index (χ2v) is 4.77. The average molecular weight is 223 g/mol. The number of rotatable bonds is 4. The molecule has 0 aromatic heterocycles. The highest BCUT2D eigenvalue weighted by Gasteiger charge is 2.02. The van der Waals surface area contributed by atoms with Gasteiger partial charge < -0.3 is 11.5 Å². The van der Waals surface area contributed by atoms with Crippen LogP contribution in [0.1, 0.15) is 13.8 Å². The van der Waals surface area contributed by atoms with Crippen LogP contribution in [0.5, 0.6) is 0 Å². The molecule has 0 atom stereocenters. The maximum atomic E-state index is 5.37. The van der Waals surface area contributed by atoms with E-state index >= 15 is 0 Å². The van der Waals surface area contributed by atoms with Gasteiger partial charge in [-0.25, -0.2) is 4.99 Å². The molecule has 4 heteroatoms.